The molecule has 1 atom stereocenters. The van der Waals surface area contributed by atoms with Crippen LogP contribution >= 0.6 is 0 Å². The quantitative estimate of drug-likeness (QED) is 0.528. The summed E-state index contributed by atoms with van der Waals surface area (Å²) in [6.07, 6.45) is 6.33. The first-order valence-corrected chi connectivity index (χ1v) is 3.29. The molecule has 0 aromatic carbocycles. The summed E-state index contributed by atoms with van der Waals surface area (Å²) in [6, 6.07) is 0.297. The monoisotopic (exact) mass is 122 g/mol. The molecule has 0 spiro atoms. The zero-order valence-electron chi connectivity index (χ0n) is 5.22. The Morgan fingerprint density at radius 2 is 2.44 bits per heavy atom. The van der Waals surface area contributed by atoms with E-state index in [2.05, 4.69) is 4.98 Å². The van der Waals surface area contributed by atoms with Gasteiger partial charge < -0.3 is 10.7 Å². The Kier molecular flexibility index (Phi) is 0.904. The molecule has 0 aliphatic heterocycles. The molecule has 2 rings (SSSR count). The summed E-state index contributed by atoms with van der Waals surface area (Å²) >= 11 is 0. The minimum Gasteiger partial charge on any atom is -0.367 e. The van der Waals surface area contributed by atoms with Gasteiger partial charge in [-0.3, -0.25) is 0 Å². The van der Waals surface area contributed by atoms with Crippen molar-refractivity contribution in [1.82, 2.24) is 4.98 Å². The molecule has 1 aromatic rings. The van der Waals surface area contributed by atoms with Crippen molar-refractivity contribution in [2.24, 2.45) is 5.73 Å². The summed E-state index contributed by atoms with van der Waals surface area (Å²) in [4.78, 5) is 3.05. The van der Waals surface area contributed by atoms with E-state index in [1.807, 2.05) is 12.4 Å². The Labute approximate surface area is 54.1 Å². The summed E-state index contributed by atoms with van der Waals surface area (Å²) < 4.78 is 0. The van der Waals surface area contributed by atoms with Crippen molar-refractivity contribution in [3.05, 3.63) is 23.5 Å². The molecule has 1 heterocycles. The van der Waals surface area contributed by atoms with E-state index < -0.39 is 0 Å². The van der Waals surface area contributed by atoms with Gasteiger partial charge in [-0.05, 0) is 24.0 Å². The van der Waals surface area contributed by atoms with Crippen LogP contribution in [0.15, 0.2) is 12.4 Å². The summed E-state index contributed by atoms with van der Waals surface area (Å²) in [5.74, 6) is 0. The van der Waals surface area contributed by atoms with Crippen molar-refractivity contribution in [2.75, 3.05) is 0 Å². The van der Waals surface area contributed by atoms with Crippen molar-refractivity contribution in [3.8, 4) is 0 Å². The maximum atomic E-state index is 5.77. The van der Waals surface area contributed by atoms with Gasteiger partial charge in [-0.2, -0.15) is 0 Å². The van der Waals surface area contributed by atoms with Crippen LogP contribution in [0.5, 0.6) is 0 Å². The summed E-state index contributed by atoms with van der Waals surface area (Å²) in [5.41, 5.74) is 8.49. The standard InChI is InChI=1S/C7H10N2/c8-7-2-1-5-3-9-4-6(5)7/h3-4,7,9H,1-2,8H2/t7-/m0/s1. The molecule has 0 fully saturated rings. The molecule has 1 aromatic heterocycles. The smallest absolute Gasteiger partial charge is 0.0315 e. The highest BCUT2D eigenvalue weighted by Gasteiger charge is 2.18. The van der Waals surface area contributed by atoms with Gasteiger partial charge in [0.2, 0.25) is 0 Å². The SMILES string of the molecule is N[C@H]1CCc2c[nH]cc21. The first-order valence-electron chi connectivity index (χ1n) is 3.29. The summed E-state index contributed by atoms with van der Waals surface area (Å²) in [6.45, 7) is 0. The van der Waals surface area contributed by atoms with Crippen LogP contribution in [0.25, 0.3) is 0 Å². The second-order valence-electron chi connectivity index (χ2n) is 2.58. The highest BCUT2D eigenvalue weighted by molar-refractivity contribution is 5.30. The predicted molar refractivity (Wildman–Crippen MR) is 36.0 cm³/mol. The number of H-pyrrole nitrogens is 1. The van der Waals surface area contributed by atoms with E-state index >= 15 is 0 Å². The van der Waals surface area contributed by atoms with Gasteiger partial charge in [-0.15, -0.1) is 0 Å². The Morgan fingerprint density at radius 1 is 1.56 bits per heavy atom. The van der Waals surface area contributed by atoms with E-state index in [0.29, 0.717) is 6.04 Å². The number of nitrogens with two attached hydrogens (primary N) is 1. The van der Waals surface area contributed by atoms with Crippen LogP contribution in [-0.4, -0.2) is 4.98 Å². The molecule has 2 nitrogen and oxygen atoms in total. The van der Waals surface area contributed by atoms with E-state index in [-0.39, 0.29) is 0 Å². The Bertz CT molecular complexity index is 214. The van der Waals surface area contributed by atoms with Gasteiger partial charge in [0.05, 0.1) is 0 Å². The molecule has 0 amide bonds. The minimum absolute atomic E-state index is 0.297. The Morgan fingerprint density at radius 3 is 3.22 bits per heavy atom. The second-order valence-corrected chi connectivity index (χ2v) is 2.58. The molecule has 2 heteroatoms. The fourth-order valence-corrected chi connectivity index (χ4v) is 1.44. The molecular formula is C7H10N2. The molecule has 0 bridgehead atoms. The van der Waals surface area contributed by atoms with Gasteiger partial charge in [-0.1, -0.05) is 0 Å². The second kappa shape index (κ2) is 1.61. The number of rotatable bonds is 0. The van der Waals surface area contributed by atoms with Crippen LogP contribution in [0, 0.1) is 0 Å². The molecule has 9 heavy (non-hydrogen) atoms. The molecule has 1 aliphatic rings. The van der Waals surface area contributed by atoms with Crippen LogP contribution in [-0.2, 0) is 6.42 Å². The van der Waals surface area contributed by atoms with Crippen molar-refractivity contribution in [2.45, 2.75) is 18.9 Å². The summed E-state index contributed by atoms with van der Waals surface area (Å²) in [5, 5.41) is 0. The van der Waals surface area contributed by atoms with E-state index in [4.69, 9.17) is 5.73 Å². The van der Waals surface area contributed by atoms with Gasteiger partial charge in [0.1, 0.15) is 0 Å². The van der Waals surface area contributed by atoms with Crippen molar-refractivity contribution in [1.29, 1.82) is 0 Å². The number of aromatic amines is 1. The normalized spacial score (nSPS) is 24.3. The fourth-order valence-electron chi connectivity index (χ4n) is 1.44. The lowest BCUT2D eigenvalue weighted by Crippen LogP contribution is -2.03. The van der Waals surface area contributed by atoms with Gasteiger partial charge in [0.25, 0.3) is 0 Å². The third kappa shape index (κ3) is 0.598. The van der Waals surface area contributed by atoms with Crippen LogP contribution in [0.4, 0.5) is 0 Å². The zero-order chi connectivity index (χ0) is 6.27. The van der Waals surface area contributed by atoms with Crippen LogP contribution < -0.4 is 5.73 Å². The molecular weight excluding hydrogens is 112 g/mol. The minimum atomic E-state index is 0.297. The highest BCUT2D eigenvalue weighted by Crippen LogP contribution is 2.27. The van der Waals surface area contributed by atoms with E-state index in [1.54, 1.807) is 0 Å². The number of fused-ring (bicyclic) bond motifs is 1. The average Bonchev–Trinajstić information content (AvgIpc) is 2.35. The van der Waals surface area contributed by atoms with Crippen LogP contribution in [0.1, 0.15) is 23.6 Å². The number of nitrogens with one attached hydrogen (secondary N) is 1. The third-order valence-corrected chi connectivity index (χ3v) is 1.99. The predicted octanol–water partition coefficient (Wildman–Crippen LogP) is 0.961. The third-order valence-electron chi connectivity index (χ3n) is 1.99. The van der Waals surface area contributed by atoms with Gasteiger partial charge in [-0.25, -0.2) is 0 Å². The first-order chi connectivity index (χ1) is 4.38. The molecule has 48 valence electrons. The van der Waals surface area contributed by atoms with E-state index in [1.165, 1.54) is 11.1 Å². The zero-order valence-corrected chi connectivity index (χ0v) is 5.22. The van der Waals surface area contributed by atoms with E-state index in [0.717, 1.165) is 12.8 Å². The average molecular weight is 122 g/mol. The van der Waals surface area contributed by atoms with Gasteiger partial charge in [0, 0.05) is 18.4 Å². The number of hydrogen-bond acceptors (Lipinski definition) is 1. The topological polar surface area (TPSA) is 41.8 Å². The largest absolute Gasteiger partial charge is 0.367 e. The maximum absolute atomic E-state index is 5.77. The highest BCUT2D eigenvalue weighted by atomic mass is 14.7. The van der Waals surface area contributed by atoms with Crippen molar-refractivity contribution < 1.29 is 0 Å². The lowest BCUT2D eigenvalue weighted by Gasteiger charge is -1.97. The molecule has 0 unspecified atom stereocenters. The van der Waals surface area contributed by atoms with Crippen LogP contribution in [0.3, 0.4) is 0 Å². The van der Waals surface area contributed by atoms with E-state index in [9.17, 15) is 0 Å². The molecule has 3 N–H and O–H groups in total. The van der Waals surface area contributed by atoms with Crippen molar-refractivity contribution >= 4 is 0 Å². The number of hydrogen-bond donors (Lipinski definition) is 2. The molecule has 1 aliphatic carbocycles. The Balaban J connectivity index is 2.49. The fraction of sp³-hybridized carbons (Fsp3) is 0.429. The lowest BCUT2D eigenvalue weighted by atomic mass is 10.2. The number of aromatic nitrogens is 1. The lowest BCUT2D eigenvalue weighted by molar-refractivity contribution is 0.709. The molecule has 0 radical (unpaired) electrons. The summed E-state index contributed by atoms with van der Waals surface area (Å²) in [7, 11) is 0. The molecule has 0 saturated heterocycles. The van der Waals surface area contributed by atoms with Crippen molar-refractivity contribution in [3.63, 3.8) is 0 Å². The van der Waals surface area contributed by atoms with Gasteiger partial charge in [0.15, 0.2) is 0 Å². The first kappa shape index (κ1) is 5.06. The Hall–Kier alpha value is -0.760. The molecule has 0 saturated carbocycles. The van der Waals surface area contributed by atoms with Crippen LogP contribution in [0.2, 0.25) is 0 Å². The number of aryl methyl sites for hydroxylation is 1. The van der Waals surface area contributed by atoms with Gasteiger partial charge >= 0.3 is 0 Å². The maximum Gasteiger partial charge on any atom is 0.0315 e.